The van der Waals surface area contributed by atoms with Crippen LogP contribution >= 0.6 is 0 Å². The standard InChI is InChI=1S/C16H31N3O/c1-15(2)12-6-7-13(10-12)16(15,3)18-14(20)11-17-8-9-19(4)5/h12-13,17H,6-11H2,1-5H3,(H,18,20)/t12-,13-,16+/m0/s1. The smallest absolute Gasteiger partial charge is 0.234 e. The number of fused-ring (bicyclic) bond motifs is 2. The van der Waals surface area contributed by atoms with E-state index in [1.54, 1.807) is 0 Å². The zero-order valence-corrected chi connectivity index (χ0v) is 13.8. The van der Waals surface area contributed by atoms with Gasteiger partial charge in [0.1, 0.15) is 0 Å². The summed E-state index contributed by atoms with van der Waals surface area (Å²) in [5.41, 5.74) is 0.186. The molecule has 2 bridgehead atoms. The minimum Gasteiger partial charge on any atom is -0.349 e. The second-order valence-corrected chi connectivity index (χ2v) is 7.66. The average molecular weight is 281 g/mol. The highest BCUT2D eigenvalue weighted by Crippen LogP contribution is 2.61. The number of nitrogens with one attached hydrogen (secondary N) is 2. The third-order valence-electron chi connectivity index (χ3n) is 6.03. The molecule has 2 rings (SSSR count). The van der Waals surface area contributed by atoms with Crippen LogP contribution in [0.1, 0.15) is 40.0 Å². The molecule has 2 aliphatic rings. The van der Waals surface area contributed by atoms with E-state index in [9.17, 15) is 4.79 Å². The van der Waals surface area contributed by atoms with Gasteiger partial charge in [0.15, 0.2) is 0 Å². The summed E-state index contributed by atoms with van der Waals surface area (Å²) < 4.78 is 0. The topological polar surface area (TPSA) is 44.4 Å². The Balaban J connectivity index is 1.84. The van der Waals surface area contributed by atoms with Crippen LogP contribution in [0.3, 0.4) is 0 Å². The van der Waals surface area contributed by atoms with Crippen LogP contribution in [0.5, 0.6) is 0 Å². The number of rotatable bonds is 6. The number of nitrogens with zero attached hydrogens (tertiary/aromatic N) is 1. The molecule has 0 aromatic carbocycles. The van der Waals surface area contributed by atoms with E-state index in [0.717, 1.165) is 19.0 Å². The molecule has 2 aliphatic carbocycles. The van der Waals surface area contributed by atoms with Gasteiger partial charge in [-0.05, 0) is 57.5 Å². The van der Waals surface area contributed by atoms with Gasteiger partial charge in [0.05, 0.1) is 6.54 Å². The first kappa shape index (κ1) is 15.8. The quantitative estimate of drug-likeness (QED) is 0.725. The molecule has 1 amide bonds. The summed E-state index contributed by atoms with van der Waals surface area (Å²) in [6.07, 6.45) is 3.90. The molecule has 3 atom stereocenters. The molecule has 0 aromatic rings. The molecule has 116 valence electrons. The fraction of sp³-hybridized carbons (Fsp3) is 0.938. The first-order valence-electron chi connectivity index (χ1n) is 7.94. The van der Waals surface area contributed by atoms with Crippen LogP contribution in [0.15, 0.2) is 0 Å². The normalized spacial score (nSPS) is 34.7. The summed E-state index contributed by atoms with van der Waals surface area (Å²) in [4.78, 5) is 14.3. The van der Waals surface area contributed by atoms with Crippen molar-refractivity contribution in [2.75, 3.05) is 33.7 Å². The summed E-state index contributed by atoms with van der Waals surface area (Å²) in [7, 11) is 4.08. The monoisotopic (exact) mass is 281 g/mol. The summed E-state index contributed by atoms with van der Waals surface area (Å²) in [5.74, 6) is 1.58. The number of amides is 1. The summed E-state index contributed by atoms with van der Waals surface area (Å²) >= 11 is 0. The molecule has 20 heavy (non-hydrogen) atoms. The molecule has 2 fully saturated rings. The van der Waals surface area contributed by atoms with E-state index in [0.29, 0.717) is 12.5 Å². The second kappa shape index (κ2) is 5.64. The van der Waals surface area contributed by atoms with Gasteiger partial charge in [-0.1, -0.05) is 13.8 Å². The molecule has 2 saturated carbocycles. The molecule has 4 nitrogen and oxygen atoms in total. The van der Waals surface area contributed by atoms with Crippen LogP contribution in [-0.2, 0) is 4.79 Å². The second-order valence-electron chi connectivity index (χ2n) is 7.66. The van der Waals surface area contributed by atoms with Crippen LogP contribution in [0.2, 0.25) is 0 Å². The van der Waals surface area contributed by atoms with Crippen molar-refractivity contribution in [1.29, 1.82) is 0 Å². The van der Waals surface area contributed by atoms with E-state index < -0.39 is 0 Å². The lowest BCUT2D eigenvalue weighted by molar-refractivity contribution is -0.124. The van der Waals surface area contributed by atoms with E-state index in [2.05, 4.69) is 36.3 Å². The Morgan fingerprint density at radius 2 is 1.85 bits per heavy atom. The van der Waals surface area contributed by atoms with Crippen molar-refractivity contribution in [3.05, 3.63) is 0 Å². The summed E-state index contributed by atoms with van der Waals surface area (Å²) in [6.45, 7) is 9.16. The highest BCUT2D eigenvalue weighted by atomic mass is 16.2. The maximum atomic E-state index is 12.2. The van der Waals surface area contributed by atoms with Crippen molar-refractivity contribution in [3.8, 4) is 0 Å². The number of carbonyl (C=O) groups excluding carboxylic acids is 1. The zero-order chi connectivity index (χ0) is 15.0. The molecular weight excluding hydrogens is 250 g/mol. The molecule has 0 aromatic heterocycles. The summed E-state index contributed by atoms with van der Waals surface area (Å²) in [5, 5.41) is 6.58. The van der Waals surface area contributed by atoms with Crippen LogP contribution in [0, 0.1) is 17.3 Å². The van der Waals surface area contributed by atoms with E-state index in [-0.39, 0.29) is 16.9 Å². The lowest BCUT2D eigenvalue weighted by atomic mass is 9.64. The van der Waals surface area contributed by atoms with Gasteiger partial charge in [-0.25, -0.2) is 0 Å². The molecule has 0 saturated heterocycles. The molecule has 4 heteroatoms. The highest BCUT2D eigenvalue weighted by molar-refractivity contribution is 5.79. The van der Waals surface area contributed by atoms with Crippen molar-refractivity contribution < 1.29 is 4.79 Å². The Bertz CT molecular complexity index is 367. The molecular formula is C16H31N3O. The molecule has 2 N–H and O–H groups in total. The van der Waals surface area contributed by atoms with Gasteiger partial charge < -0.3 is 15.5 Å². The number of carbonyl (C=O) groups is 1. The number of likely N-dealkylation sites (N-methyl/N-ethyl adjacent to an activating group) is 1. The molecule has 0 radical (unpaired) electrons. The van der Waals surface area contributed by atoms with Crippen molar-refractivity contribution >= 4 is 5.91 Å². The van der Waals surface area contributed by atoms with E-state index in [4.69, 9.17) is 0 Å². The lowest BCUT2D eigenvalue weighted by Gasteiger charge is -2.48. The van der Waals surface area contributed by atoms with Gasteiger partial charge in [0.2, 0.25) is 5.91 Å². The fourth-order valence-corrected chi connectivity index (χ4v) is 4.21. The summed E-state index contributed by atoms with van der Waals surface area (Å²) in [6, 6.07) is 0. The predicted octanol–water partition coefficient (Wildman–Crippen LogP) is 1.47. The van der Waals surface area contributed by atoms with Gasteiger partial charge in [-0.3, -0.25) is 4.79 Å². The largest absolute Gasteiger partial charge is 0.349 e. The minimum atomic E-state index is -0.0315. The van der Waals surface area contributed by atoms with Crippen LogP contribution in [0.25, 0.3) is 0 Å². The van der Waals surface area contributed by atoms with Crippen LogP contribution in [0.4, 0.5) is 0 Å². The lowest BCUT2D eigenvalue weighted by Crippen LogP contribution is -2.60. The van der Waals surface area contributed by atoms with Gasteiger partial charge in [-0.2, -0.15) is 0 Å². The van der Waals surface area contributed by atoms with E-state index in [1.807, 2.05) is 14.1 Å². The molecule has 0 aliphatic heterocycles. The van der Waals surface area contributed by atoms with Gasteiger partial charge in [-0.15, -0.1) is 0 Å². The van der Waals surface area contributed by atoms with Crippen molar-refractivity contribution in [1.82, 2.24) is 15.5 Å². The third kappa shape index (κ3) is 2.73. The van der Waals surface area contributed by atoms with Gasteiger partial charge in [0.25, 0.3) is 0 Å². The fourth-order valence-electron chi connectivity index (χ4n) is 4.21. The predicted molar refractivity (Wildman–Crippen MR) is 82.6 cm³/mol. The van der Waals surface area contributed by atoms with Gasteiger partial charge >= 0.3 is 0 Å². The Morgan fingerprint density at radius 1 is 1.20 bits per heavy atom. The SMILES string of the molecule is CN(C)CCNCC(=O)N[C@]1(C)[C@H]2CC[C@@H](C2)C1(C)C. The molecule has 0 unspecified atom stereocenters. The maximum Gasteiger partial charge on any atom is 0.234 e. The Labute approximate surface area is 123 Å². The Morgan fingerprint density at radius 3 is 2.40 bits per heavy atom. The molecule has 0 spiro atoms. The van der Waals surface area contributed by atoms with E-state index in [1.165, 1.54) is 19.3 Å². The first-order valence-corrected chi connectivity index (χ1v) is 7.94. The van der Waals surface area contributed by atoms with Crippen molar-refractivity contribution in [2.45, 2.75) is 45.6 Å². The zero-order valence-electron chi connectivity index (χ0n) is 13.8. The Kier molecular flexibility index (Phi) is 4.45. The van der Waals surface area contributed by atoms with Crippen LogP contribution in [-0.4, -0.2) is 50.1 Å². The molecule has 0 heterocycles. The maximum absolute atomic E-state index is 12.2. The first-order chi connectivity index (χ1) is 9.27. The number of hydrogen-bond donors (Lipinski definition) is 2. The van der Waals surface area contributed by atoms with Crippen molar-refractivity contribution in [3.63, 3.8) is 0 Å². The Hall–Kier alpha value is -0.610. The average Bonchev–Trinajstić information content (AvgIpc) is 2.89. The third-order valence-corrected chi connectivity index (χ3v) is 6.03. The number of hydrogen-bond acceptors (Lipinski definition) is 3. The minimum absolute atomic E-state index is 0.0315. The van der Waals surface area contributed by atoms with Gasteiger partial charge in [0, 0.05) is 18.6 Å². The van der Waals surface area contributed by atoms with Crippen molar-refractivity contribution in [2.24, 2.45) is 17.3 Å². The highest BCUT2D eigenvalue weighted by Gasteiger charge is 2.60. The van der Waals surface area contributed by atoms with Crippen LogP contribution < -0.4 is 10.6 Å². The van der Waals surface area contributed by atoms with E-state index >= 15 is 0 Å².